The van der Waals surface area contributed by atoms with Gasteiger partial charge in [-0.15, -0.1) is 0 Å². The van der Waals surface area contributed by atoms with E-state index in [1.807, 2.05) is 6.07 Å². The highest BCUT2D eigenvalue weighted by Gasteiger charge is 2.28. The predicted octanol–water partition coefficient (Wildman–Crippen LogP) is 4.66. The molecule has 0 heterocycles. The minimum Gasteiger partial charge on any atom is -0.493 e. The maximum absolute atomic E-state index is 5.90. The lowest BCUT2D eigenvalue weighted by molar-refractivity contribution is 0.282. The van der Waals surface area contributed by atoms with Gasteiger partial charge in [-0.2, -0.15) is 0 Å². The number of thiocarbonyl (C=S) groups is 1. The second kappa shape index (κ2) is 10.2. The molecule has 2 fully saturated rings. The summed E-state index contributed by atoms with van der Waals surface area (Å²) in [6.07, 6.45) is 11.3. The van der Waals surface area contributed by atoms with Crippen molar-refractivity contribution in [3.05, 3.63) is 17.7 Å². The first kappa shape index (κ1) is 21.0. The van der Waals surface area contributed by atoms with Crippen LogP contribution in [0.15, 0.2) is 12.1 Å². The Morgan fingerprint density at radius 3 is 2.18 bits per heavy atom. The van der Waals surface area contributed by atoms with E-state index in [4.69, 9.17) is 26.4 Å². The first-order chi connectivity index (χ1) is 13.7. The van der Waals surface area contributed by atoms with Crippen molar-refractivity contribution in [2.24, 2.45) is 0 Å². The number of hydrogen-bond acceptors (Lipinski definition) is 4. The summed E-state index contributed by atoms with van der Waals surface area (Å²) < 4.78 is 16.7. The number of nitrogens with one attached hydrogen (secondary N) is 1. The minimum atomic E-state index is 0.487. The molecular weight excluding hydrogens is 372 g/mol. The second-order valence-electron chi connectivity index (χ2n) is 7.84. The van der Waals surface area contributed by atoms with Crippen molar-refractivity contribution < 1.29 is 14.2 Å². The Kier molecular flexibility index (Phi) is 7.65. The van der Waals surface area contributed by atoms with Gasteiger partial charge in [0.2, 0.25) is 5.75 Å². The van der Waals surface area contributed by atoms with Gasteiger partial charge < -0.3 is 24.4 Å². The molecule has 0 saturated heterocycles. The molecule has 1 aromatic carbocycles. The van der Waals surface area contributed by atoms with Crippen LogP contribution in [0.2, 0.25) is 0 Å². The van der Waals surface area contributed by atoms with Gasteiger partial charge >= 0.3 is 0 Å². The molecule has 0 aromatic heterocycles. The molecule has 2 saturated carbocycles. The maximum atomic E-state index is 5.90. The summed E-state index contributed by atoms with van der Waals surface area (Å²) >= 11 is 5.90. The number of hydrogen-bond donors (Lipinski definition) is 1. The average molecular weight is 407 g/mol. The first-order valence-corrected chi connectivity index (χ1v) is 10.9. The van der Waals surface area contributed by atoms with Gasteiger partial charge in [0, 0.05) is 24.2 Å². The van der Waals surface area contributed by atoms with Gasteiger partial charge in [0.1, 0.15) is 0 Å². The smallest absolute Gasteiger partial charge is 0.203 e. The summed E-state index contributed by atoms with van der Waals surface area (Å²) in [6, 6.07) is 5.01. The SMILES string of the molecule is COc1ccc(CN(C(=S)NC2CCCCC2)C2CCCC2)c(OC)c1OC. The zero-order valence-corrected chi connectivity index (χ0v) is 18.3. The molecule has 6 heteroatoms. The topological polar surface area (TPSA) is 43.0 Å². The number of rotatable bonds is 7. The summed E-state index contributed by atoms with van der Waals surface area (Å²) in [5, 5.41) is 4.55. The van der Waals surface area contributed by atoms with E-state index in [1.54, 1.807) is 21.3 Å². The lowest BCUT2D eigenvalue weighted by Crippen LogP contribution is -2.48. The number of benzene rings is 1. The molecule has 0 radical (unpaired) electrons. The molecule has 156 valence electrons. The van der Waals surface area contributed by atoms with Gasteiger partial charge in [-0.3, -0.25) is 0 Å². The molecule has 0 spiro atoms. The van der Waals surface area contributed by atoms with E-state index in [2.05, 4.69) is 16.3 Å². The molecule has 0 bridgehead atoms. The molecule has 1 N–H and O–H groups in total. The van der Waals surface area contributed by atoms with Crippen LogP contribution in [0, 0.1) is 0 Å². The fraction of sp³-hybridized carbons (Fsp3) is 0.682. The first-order valence-electron chi connectivity index (χ1n) is 10.5. The minimum absolute atomic E-state index is 0.487. The molecule has 2 aliphatic rings. The van der Waals surface area contributed by atoms with Gasteiger partial charge in [-0.1, -0.05) is 32.1 Å². The monoisotopic (exact) mass is 406 g/mol. The lowest BCUT2D eigenvalue weighted by Gasteiger charge is -2.35. The molecular formula is C22H34N2O3S. The summed E-state index contributed by atoms with van der Waals surface area (Å²) in [5.74, 6) is 2.05. The lowest BCUT2D eigenvalue weighted by atomic mass is 9.96. The zero-order chi connectivity index (χ0) is 19.9. The third kappa shape index (κ3) is 4.83. The fourth-order valence-corrected chi connectivity index (χ4v) is 4.94. The number of methoxy groups -OCH3 is 3. The predicted molar refractivity (Wildman–Crippen MR) is 117 cm³/mol. The quantitative estimate of drug-likeness (QED) is 0.664. The normalized spacial score (nSPS) is 18.0. The molecule has 0 unspecified atom stereocenters. The summed E-state index contributed by atoms with van der Waals surface area (Å²) in [5.41, 5.74) is 1.07. The third-order valence-electron chi connectivity index (χ3n) is 6.09. The Balaban J connectivity index is 1.82. The van der Waals surface area contributed by atoms with Crippen LogP contribution in [0.25, 0.3) is 0 Å². The van der Waals surface area contributed by atoms with Crippen molar-refractivity contribution in [1.82, 2.24) is 10.2 Å². The third-order valence-corrected chi connectivity index (χ3v) is 6.44. The van der Waals surface area contributed by atoms with Gasteiger partial charge in [0.15, 0.2) is 16.6 Å². The van der Waals surface area contributed by atoms with Gasteiger partial charge in [-0.25, -0.2) is 0 Å². The van der Waals surface area contributed by atoms with E-state index < -0.39 is 0 Å². The van der Waals surface area contributed by atoms with E-state index in [0.29, 0.717) is 30.1 Å². The number of nitrogens with zero attached hydrogens (tertiary/aromatic N) is 1. The Hall–Kier alpha value is -1.69. The van der Waals surface area contributed by atoms with Crippen LogP contribution in [0.5, 0.6) is 17.2 Å². The van der Waals surface area contributed by atoms with Gasteiger partial charge in [-0.05, 0) is 50.0 Å². The molecule has 28 heavy (non-hydrogen) atoms. The average Bonchev–Trinajstić information content (AvgIpc) is 3.26. The molecule has 0 aliphatic heterocycles. The van der Waals surface area contributed by atoms with Crippen LogP contribution < -0.4 is 19.5 Å². The molecule has 0 amide bonds. The van der Waals surface area contributed by atoms with Crippen LogP contribution in [0.4, 0.5) is 0 Å². The highest BCUT2D eigenvalue weighted by Crippen LogP contribution is 2.40. The van der Waals surface area contributed by atoms with Crippen LogP contribution in [-0.4, -0.2) is 43.4 Å². The van der Waals surface area contributed by atoms with Crippen LogP contribution in [0.3, 0.4) is 0 Å². The van der Waals surface area contributed by atoms with Crippen LogP contribution in [-0.2, 0) is 6.54 Å². The van der Waals surface area contributed by atoms with Crippen molar-refractivity contribution >= 4 is 17.3 Å². The van der Waals surface area contributed by atoms with Crippen molar-refractivity contribution in [3.8, 4) is 17.2 Å². The van der Waals surface area contributed by atoms with Crippen LogP contribution in [0.1, 0.15) is 63.4 Å². The van der Waals surface area contributed by atoms with E-state index in [9.17, 15) is 0 Å². The Bertz CT molecular complexity index is 655. The Morgan fingerprint density at radius 2 is 1.57 bits per heavy atom. The van der Waals surface area contributed by atoms with Crippen molar-refractivity contribution in [2.45, 2.75) is 76.4 Å². The molecule has 3 rings (SSSR count). The highest BCUT2D eigenvalue weighted by atomic mass is 32.1. The van der Waals surface area contributed by atoms with E-state index >= 15 is 0 Å². The number of ether oxygens (including phenoxy) is 3. The van der Waals surface area contributed by atoms with Crippen molar-refractivity contribution in [1.29, 1.82) is 0 Å². The molecule has 2 aliphatic carbocycles. The van der Waals surface area contributed by atoms with Gasteiger partial charge in [0.25, 0.3) is 0 Å². The van der Waals surface area contributed by atoms with E-state index in [0.717, 1.165) is 16.4 Å². The second-order valence-corrected chi connectivity index (χ2v) is 8.23. The Labute approximate surface area is 174 Å². The van der Waals surface area contributed by atoms with Gasteiger partial charge in [0.05, 0.1) is 21.3 Å². The van der Waals surface area contributed by atoms with Crippen molar-refractivity contribution in [2.75, 3.05) is 21.3 Å². The maximum Gasteiger partial charge on any atom is 0.203 e. The fourth-order valence-electron chi connectivity index (χ4n) is 4.56. The highest BCUT2D eigenvalue weighted by molar-refractivity contribution is 7.80. The van der Waals surface area contributed by atoms with Crippen molar-refractivity contribution in [3.63, 3.8) is 0 Å². The largest absolute Gasteiger partial charge is 0.493 e. The molecule has 0 atom stereocenters. The standard InChI is InChI=1S/C22H34N2O3S/c1-25-19-14-13-16(20(26-2)21(19)27-3)15-24(18-11-7-8-12-18)22(28)23-17-9-5-4-6-10-17/h13-14,17-18H,4-12,15H2,1-3H3,(H,23,28). The van der Waals surface area contributed by atoms with E-state index in [-0.39, 0.29) is 0 Å². The Morgan fingerprint density at radius 1 is 0.929 bits per heavy atom. The summed E-state index contributed by atoms with van der Waals surface area (Å²) in [4.78, 5) is 2.38. The summed E-state index contributed by atoms with van der Waals surface area (Å²) in [7, 11) is 4.97. The van der Waals surface area contributed by atoms with Crippen LogP contribution >= 0.6 is 12.2 Å². The molecule has 1 aromatic rings. The molecule has 5 nitrogen and oxygen atoms in total. The zero-order valence-electron chi connectivity index (χ0n) is 17.5. The van der Waals surface area contributed by atoms with E-state index in [1.165, 1.54) is 57.8 Å². The summed E-state index contributed by atoms with van der Waals surface area (Å²) in [6.45, 7) is 0.715.